The van der Waals surface area contributed by atoms with Crippen LogP contribution < -0.4 is 10.1 Å². The second-order valence-electron chi connectivity index (χ2n) is 6.65. The summed E-state index contributed by atoms with van der Waals surface area (Å²) in [5.74, 6) is -0.437. The first-order valence-electron chi connectivity index (χ1n) is 9.16. The largest absolute Gasteiger partial charge is 0.495 e. The van der Waals surface area contributed by atoms with Gasteiger partial charge in [-0.25, -0.2) is 17.1 Å². The number of hydrogen-bond acceptors (Lipinski definition) is 5. The molecule has 0 spiro atoms. The average Bonchev–Trinajstić information content (AvgIpc) is 3.21. The average molecular weight is 461 g/mol. The zero-order valence-corrected chi connectivity index (χ0v) is 18.8. The first kappa shape index (κ1) is 22.7. The zero-order chi connectivity index (χ0) is 22.6. The van der Waals surface area contributed by atoms with Gasteiger partial charge in [0.2, 0.25) is 15.9 Å². The number of benzene rings is 2. The predicted octanol–water partition coefficient (Wildman–Crippen LogP) is 4.47. The molecular formula is C22H21FN2O4S2. The number of thiophene rings is 1. The smallest absolute Gasteiger partial charge is 0.248 e. The Balaban J connectivity index is 1.78. The highest BCUT2D eigenvalue weighted by atomic mass is 32.2. The molecule has 3 aromatic rings. The Morgan fingerprint density at radius 3 is 2.55 bits per heavy atom. The number of halogens is 1. The van der Waals surface area contributed by atoms with Crippen LogP contribution in [0, 0.1) is 5.82 Å². The second-order valence-corrected chi connectivity index (χ2v) is 9.92. The van der Waals surface area contributed by atoms with Crippen LogP contribution in [0.1, 0.15) is 4.88 Å². The lowest BCUT2D eigenvalue weighted by Crippen LogP contribution is -2.22. The van der Waals surface area contributed by atoms with Crippen molar-refractivity contribution in [2.24, 2.45) is 0 Å². The van der Waals surface area contributed by atoms with Crippen LogP contribution in [-0.2, 0) is 14.8 Å². The summed E-state index contributed by atoms with van der Waals surface area (Å²) in [6.45, 7) is 0. The summed E-state index contributed by atoms with van der Waals surface area (Å²) >= 11 is 1.35. The van der Waals surface area contributed by atoms with Gasteiger partial charge in [0.25, 0.3) is 0 Å². The van der Waals surface area contributed by atoms with Crippen LogP contribution in [0.15, 0.2) is 65.6 Å². The zero-order valence-electron chi connectivity index (χ0n) is 17.1. The molecule has 0 saturated carbocycles. The van der Waals surface area contributed by atoms with Crippen molar-refractivity contribution in [3.8, 4) is 16.2 Å². The van der Waals surface area contributed by atoms with Gasteiger partial charge in [-0.1, -0.05) is 18.2 Å². The van der Waals surface area contributed by atoms with E-state index in [2.05, 4.69) is 5.32 Å². The van der Waals surface area contributed by atoms with Gasteiger partial charge in [0, 0.05) is 35.5 Å². The van der Waals surface area contributed by atoms with Crippen molar-refractivity contribution < 1.29 is 22.3 Å². The van der Waals surface area contributed by atoms with Gasteiger partial charge in [0.1, 0.15) is 11.6 Å². The predicted molar refractivity (Wildman–Crippen MR) is 121 cm³/mol. The maximum Gasteiger partial charge on any atom is 0.248 e. The number of anilines is 1. The molecule has 1 heterocycles. The van der Waals surface area contributed by atoms with Gasteiger partial charge in [-0.3, -0.25) is 4.79 Å². The van der Waals surface area contributed by atoms with E-state index in [-0.39, 0.29) is 16.4 Å². The molecule has 6 nitrogen and oxygen atoms in total. The fourth-order valence-electron chi connectivity index (χ4n) is 2.74. The second kappa shape index (κ2) is 9.42. The van der Waals surface area contributed by atoms with Crippen molar-refractivity contribution in [2.75, 3.05) is 26.5 Å². The summed E-state index contributed by atoms with van der Waals surface area (Å²) in [7, 11) is 0.620. The Morgan fingerprint density at radius 2 is 1.87 bits per heavy atom. The Morgan fingerprint density at radius 1 is 1.13 bits per heavy atom. The van der Waals surface area contributed by atoms with Gasteiger partial charge in [0.05, 0.1) is 17.7 Å². The number of hydrogen-bond donors (Lipinski definition) is 1. The minimum Gasteiger partial charge on any atom is -0.495 e. The summed E-state index contributed by atoms with van der Waals surface area (Å²) in [6.07, 6.45) is 2.93. The van der Waals surface area contributed by atoms with Gasteiger partial charge in [-0.05, 0) is 42.5 Å². The fourth-order valence-corrected chi connectivity index (χ4v) is 4.60. The number of carbonyl (C=O) groups is 1. The number of rotatable bonds is 7. The normalized spacial score (nSPS) is 11.8. The van der Waals surface area contributed by atoms with E-state index in [9.17, 15) is 17.6 Å². The number of methoxy groups -OCH3 is 1. The Labute approximate surface area is 184 Å². The first-order valence-corrected chi connectivity index (χ1v) is 11.4. The number of amides is 1. The summed E-state index contributed by atoms with van der Waals surface area (Å²) in [6, 6.07) is 14.3. The Bertz CT molecular complexity index is 1230. The van der Waals surface area contributed by atoms with E-state index in [1.165, 1.54) is 62.9 Å². The molecule has 0 saturated heterocycles. The van der Waals surface area contributed by atoms with E-state index >= 15 is 0 Å². The number of sulfonamides is 1. The maximum absolute atomic E-state index is 13.9. The van der Waals surface area contributed by atoms with Crippen LogP contribution in [-0.4, -0.2) is 39.8 Å². The summed E-state index contributed by atoms with van der Waals surface area (Å²) < 4.78 is 45.0. The molecule has 2 aromatic carbocycles. The standard InChI is InChI=1S/C22H21FN2O4S2/c1-25(2)31(27,28)16-10-11-20(29-3)19(14-16)24-22(26)13-9-15-8-12-21(30-15)17-6-4-5-7-18(17)23/h4-14H,1-3H3,(H,24,26)/b13-9+. The Hall–Kier alpha value is -3.01. The molecule has 0 atom stereocenters. The van der Waals surface area contributed by atoms with E-state index in [0.29, 0.717) is 11.3 Å². The van der Waals surface area contributed by atoms with Gasteiger partial charge in [-0.15, -0.1) is 11.3 Å². The highest BCUT2D eigenvalue weighted by Gasteiger charge is 2.19. The van der Waals surface area contributed by atoms with E-state index in [4.69, 9.17) is 4.74 Å². The van der Waals surface area contributed by atoms with Crippen LogP contribution in [0.3, 0.4) is 0 Å². The molecule has 0 aliphatic rings. The third kappa shape index (κ3) is 5.19. The van der Waals surface area contributed by atoms with E-state index < -0.39 is 15.9 Å². The van der Waals surface area contributed by atoms with Crippen LogP contribution in [0.2, 0.25) is 0 Å². The van der Waals surface area contributed by atoms with Crippen molar-refractivity contribution in [1.82, 2.24) is 4.31 Å². The summed E-state index contributed by atoms with van der Waals surface area (Å²) in [5, 5.41) is 2.64. The molecule has 1 aromatic heterocycles. The van der Waals surface area contributed by atoms with Crippen molar-refractivity contribution in [1.29, 1.82) is 0 Å². The molecule has 1 N–H and O–H groups in total. The monoisotopic (exact) mass is 460 g/mol. The molecule has 3 rings (SSSR count). The van der Waals surface area contributed by atoms with Crippen LogP contribution in [0.25, 0.3) is 16.5 Å². The van der Waals surface area contributed by atoms with Crippen molar-refractivity contribution in [2.45, 2.75) is 4.90 Å². The molecule has 1 amide bonds. The highest BCUT2D eigenvalue weighted by molar-refractivity contribution is 7.89. The molecule has 0 aliphatic heterocycles. The molecule has 0 aliphatic carbocycles. The van der Waals surface area contributed by atoms with Crippen molar-refractivity contribution in [3.05, 3.63) is 71.4 Å². The van der Waals surface area contributed by atoms with Crippen LogP contribution >= 0.6 is 11.3 Å². The molecule has 9 heteroatoms. The van der Waals surface area contributed by atoms with Crippen molar-refractivity contribution in [3.63, 3.8) is 0 Å². The number of carbonyl (C=O) groups excluding carboxylic acids is 1. The summed E-state index contributed by atoms with van der Waals surface area (Å²) in [5.41, 5.74) is 0.735. The molecule has 0 radical (unpaired) electrons. The first-order chi connectivity index (χ1) is 14.7. The maximum atomic E-state index is 13.9. The van der Waals surface area contributed by atoms with Gasteiger partial charge in [0.15, 0.2) is 0 Å². The topological polar surface area (TPSA) is 75.7 Å². The number of ether oxygens (including phenoxy) is 1. The minimum atomic E-state index is -3.66. The lowest BCUT2D eigenvalue weighted by Gasteiger charge is -2.14. The van der Waals surface area contributed by atoms with E-state index in [1.54, 1.807) is 36.4 Å². The van der Waals surface area contributed by atoms with Crippen LogP contribution in [0.5, 0.6) is 5.75 Å². The van der Waals surface area contributed by atoms with Crippen molar-refractivity contribution >= 4 is 39.0 Å². The molecule has 31 heavy (non-hydrogen) atoms. The highest BCUT2D eigenvalue weighted by Crippen LogP contribution is 2.31. The SMILES string of the molecule is COc1ccc(S(=O)(=O)N(C)C)cc1NC(=O)/C=C/c1ccc(-c2ccccc2F)s1. The molecule has 0 fully saturated rings. The molecule has 0 bridgehead atoms. The molecule has 0 unspecified atom stereocenters. The van der Waals surface area contributed by atoms with Crippen LogP contribution in [0.4, 0.5) is 10.1 Å². The lowest BCUT2D eigenvalue weighted by atomic mass is 10.2. The number of nitrogens with zero attached hydrogens (tertiary/aromatic N) is 1. The molecule has 162 valence electrons. The van der Waals surface area contributed by atoms with E-state index in [1.807, 2.05) is 0 Å². The minimum absolute atomic E-state index is 0.0327. The third-order valence-corrected chi connectivity index (χ3v) is 7.27. The fraction of sp³-hybridized carbons (Fsp3) is 0.136. The van der Waals surface area contributed by atoms with Gasteiger partial charge >= 0.3 is 0 Å². The molecular weight excluding hydrogens is 439 g/mol. The summed E-state index contributed by atoms with van der Waals surface area (Å²) in [4.78, 5) is 14.0. The quantitative estimate of drug-likeness (QED) is 0.528. The lowest BCUT2D eigenvalue weighted by molar-refractivity contribution is -0.111. The third-order valence-electron chi connectivity index (χ3n) is 4.37. The number of nitrogens with one attached hydrogen (secondary N) is 1. The van der Waals surface area contributed by atoms with E-state index in [0.717, 1.165) is 14.1 Å². The van der Waals surface area contributed by atoms with Gasteiger partial charge in [-0.2, -0.15) is 0 Å². The van der Waals surface area contributed by atoms with Gasteiger partial charge < -0.3 is 10.1 Å². The Kier molecular flexibility index (Phi) is 6.89.